The minimum Gasteiger partial charge on any atom is -0.385 e. The van der Waals surface area contributed by atoms with Gasteiger partial charge in [-0.1, -0.05) is 0 Å². The third-order valence-corrected chi connectivity index (χ3v) is 3.76. The van der Waals surface area contributed by atoms with Crippen molar-refractivity contribution in [2.75, 3.05) is 19.5 Å². The first-order valence-corrected chi connectivity index (χ1v) is 7.76. The summed E-state index contributed by atoms with van der Waals surface area (Å²) in [6.45, 7) is -0.889. The molecule has 0 bridgehead atoms. The number of aliphatic hydroxyl groups is 2. The Morgan fingerprint density at radius 3 is 2.70 bits per heavy atom. The van der Waals surface area contributed by atoms with Crippen LogP contribution in [0, 0.1) is 0 Å². The van der Waals surface area contributed by atoms with Gasteiger partial charge in [-0.3, -0.25) is 9.09 Å². The van der Waals surface area contributed by atoms with Crippen LogP contribution >= 0.6 is 7.82 Å². The Balaban J connectivity index is 2.32. The Labute approximate surface area is 129 Å². The van der Waals surface area contributed by atoms with Crippen LogP contribution in [0.25, 0.3) is 0 Å². The Bertz CT molecular complexity index is 676. The van der Waals surface area contributed by atoms with Gasteiger partial charge in [-0.05, 0) is 6.07 Å². The van der Waals surface area contributed by atoms with Crippen molar-refractivity contribution in [3.8, 4) is 0 Å². The van der Waals surface area contributed by atoms with Crippen molar-refractivity contribution in [3.05, 3.63) is 22.7 Å². The average Bonchev–Trinajstić information content (AvgIpc) is 2.70. The van der Waals surface area contributed by atoms with Crippen molar-refractivity contribution in [1.29, 1.82) is 0 Å². The van der Waals surface area contributed by atoms with Gasteiger partial charge in [0.2, 0.25) is 5.79 Å². The number of phosphoric acid groups is 1. The number of methoxy groups -OCH3 is 1. The lowest BCUT2D eigenvalue weighted by Crippen LogP contribution is -2.48. The highest BCUT2D eigenvalue weighted by molar-refractivity contribution is 7.46. The molecule has 0 spiro atoms. The van der Waals surface area contributed by atoms with E-state index < -0.39 is 44.3 Å². The van der Waals surface area contributed by atoms with Gasteiger partial charge in [0.05, 0.1) is 0 Å². The zero-order valence-corrected chi connectivity index (χ0v) is 12.7. The summed E-state index contributed by atoms with van der Waals surface area (Å²) >= 11 is 0. The third-order valence-electron chi connectivity index (χ3n) is 3.29. The highest BCUT2D eigenvalue weighted by Gasteiger charge is 2.56. The van der Waals surface area contributed by atoms with E-state index in [-0.39, 0.29) is 5.82 Å². The summed E-state index contributed by atoms with van der Waals surface area (Å²) < 4.78 is 26.2. The number of phosphoric ester groups is 1. The van der Waals surface area contributed by atoms with Gasteiger partial charge in [-0.2, -0.15) is 4.98 Å². The van der Waals surface area contributed by atoms with Gasteiger partial charge in [-0.25, -0.2) is 9.36 Å². The Morgan fingerprint density at radius 1 is 1.52 bits per heavy atom. The lowest BCUT2D eigenvalue weighted by Gasteiger charge is -2.29. The second kappa shape index (κ2) is 6.26. The van der Waals surface area contributed by atoms with Crippen molar-refractivity contribution in [3.63, 3.8) is 0 Å². The smallest absolute Gasteiger partial charge is 0.385 e. The van der Waals surface area contributed by atoms with Crippen molar-refractivity contribution in [2.24, 2.45) is 0 Å². The summed E-state index contributed by atoms with van der Waals surface area (Å²) in [6.07, 6.45) is -3.65. The average molecular weight is 353 g/mol. The SMILES string of the molecule is CO[C@]1(COP(=O)(O)O)O[C@@H](n2ccc(N)nc2=O)[C@H](O)[C@@H]1O. The normalized spacial score (nSPS) is 31.4. The third kappa shape index (κ3) is 3.59. The maximum Gasteiger partial charge on any atom is 0.469 e. The monoisotopic (exact) mass is 353 g/mol. The van der Waals surface area contributed by atoms with Crippen molar-refractivity contribution < 1.29 is 38.6 Å². The van der Waals surface area contributed by atoms with Crippen LogP contribution in [0.5, 0.6) is 0 Å². The van der Waals surface area contributed by atoms with Crippen molar-refractivity contribution >= 4 is 13.6 Å². The van der Waals surface area contributed by atoms with Crippen LogP contribution in [-0.2, 0) is 18.6 Å². The van der Waals surface area contributed by atoms with Gasteiger partial charge in [0.25, 0.3) is 0 Å². The van der Waals surface area contributed by atoms with E-state index in [0.717, 1.165) is 11.7 Å². The summed E-state index contributed by atoms with van der Waals surface area (Å²) in [5, 5.41) is 20.2. The van der Waals surface area contributed by atoms with E-state index in [1.165, 1.54) is 12.3 Å². The molecule has 6 N–H and O–H groups in total. The number of hydrogen-bond acceptors (Lipinski definition) is 9. The van der Waals surface area contributed by atoms with Gasteiger partial charge >= 0.3 is 13.5 Å². The number of anilines is 1. The fourth-order valence-corrected chi connectivity index (χ4v) is 2.47. The molecular weight excluding hydrogens is 337 g/mol. The minimum absolute atomic E-state index is 0.0536. The van der Waals surface area contributed by atoms with Gasteiger partial charge in [0.1, 0.15) is 24.6 Å². The molecule has 1 aromatic heterocycles. The number of nitrogen functional groups attached to an aromatic ring is 1. The van der Waals surface area contributed by atoms with E-state index in [4.69, 9.17) is 25.0 Å². The highest BCUT2D eigenvalue weighted by atomic mass is 31.2. The van der Waals surface area contributed by atoms with Crippen LogP contribution in [0.1, 0.15) is 6.23 Å². The van der Waals surface area contributed by atoms with E-state index in [1.54, 1.807) is 0 Å². The second-order valence-electron chi connectivity index (χ2n) is 4.77. The molecule has 1 saturated heterocycles. The number of aliphatic hydroxyl groups excluding tert-OH is 2. The van der Waals surface area contributed by atoms with Crippen LogP contribution in [0.2, 0.25) is 0 Å². The molecular formula is C10H16N3O9P. The molecule has 1 aromatic rings. The number of aromatic nitrogens is 2. The topological polar surface area (TPSA) is 187 Å². The maximum atomic E-state index is 11.8. The number of nitrogens with two attached hydrogens (primary N) is 1. The predicted octanol–water partition coefficient (Wildman–Crippen LogP) is -2.47. The summed E-state index contributed by atoms with van der Waals surface area (Å²) in [5.41, 5.74) is 4.50. The molecule has 0 amide bonds. The summed E-state index contributed by atoms with van der Waals surface area (Å²) in [4.78, 5) is 32.8. The standard InChI is InChI=1S/C10H16N3O9P/c1-20-10(4-21-23(17,18)19)7(15)6(14)8(22-10)13-3-2-5(11)12-9(13)16/h2-3,6-8,14-15H,4H2,1H3,(H2,11,12,16)(H2,17,18,19)/t6-,7+,8-,10-/m1/s1. The van der Waals surface area contributed by atoms with Gasteiger partial charge < -0.3 is 35.2 Å². The van der Waals surface area contributed by atoms with Crippen LogP contribution in [0.4, 0.5) is 5.82 Å². The van der Waals surface area contributed by atoms with E-state index in [0.29, 0.717) is 0 Å². The molecule has 0 radical (unpaired) electrons. The van der Waals surface area contributed by atoms with E-state index in [2.05, 4.69) is 9.51 Å². The van der Waals surface area contributed by atoms with Crippen LogP contribution < -0.4 is 11.4 Å². The van der Waals surface area contributed by atoms with Crippen LogP contribution in [0.3, 0.4) is 0 Å². The van der Waals surface area contributed by atoms with Crippen molar-refractivity contribution in [1.82, 2.24) is 9.55 Å². The number of hydrogen-bond donors (Lipinski definition) is 5. The molecule has 0 aromatic carbocycles. The maximum absolute atomic E-state index is 11.8. The first-order valence-electron chi connectivity index (χ1n) is 6.23. The zero-order chi connectivity index (χ0) is 17.4. The Kier molecular flexibility index (Phi) is 4.89. The molecule has 1 aliphatic rings. The number of ether oxygens (including phenoxy) is 2. The highest BCUT2D eigenvalue weighted by Crippen LogP contribution is 2.42. The van der Waals surface area contributed by atoms with E-state index >= 15 is 0 Å². The van der Waals surface area contributed by atoms with Crippen molar-refractivity contribution in [2.45, 2.75) is 24.2 Å². The van der Waals surface area contributed by atoms with Crippen LogP contribution in [0.15, 0.2) is 17.1 Å². The largest absolute Gasteiger partial charge is 0.469 e. The molecule has 0 aliphatic carbocycles. The van der Waals surface area contributed by atoms with Gasteiger partial charge in [-0.15, -0.1) is 0 Å². The van der Waals surface area contributed by atoms with E-state index in [1.807, 2.05) is 0 Å². The molecule has 0 unspecified atom stereocenters. The zero-order valence-electron chi connectivity index (χ0n) is 11.8. The first-order chi connectivity index (χ1) is 10.6. The summed E-state index contributed by atoms with van der Waals surface area (Å²) in [5.74, 6) is -2.14. The fraction of sp³-hybridized carbons (Fsp3) is 0.600. The quantitative estimate of drug-likeness (QED) is 0.353. The molecule has 12 nitrogen and oxygen atoms in total. The predicted molar refractivity (Wildman–Crippen MR) is 72.8 cm³/mol. The molecule has 2 heterocycles. The summed E-state index contributed by atoms with van der Waals surface area (Å²) in [6, 6.07) is 1.27. The molecule has 13 heteroatoms. The number of rotatable bonds is 5. The lowest BCUT2D eigenvalue weighted by atomic mass is 10.1. The molecule has 130 valence electrons. The minimum atomic E-state index is -4.88. The van der Waals surface area contributed by atoms with Gasteiger partial charge in [0, 0.05) is 13.3 Å². The first kappa shape index (κ1) is 18.0. The Morgan fingerprint density at radius 2 is 2.17 bits per heavy atom. The molecule has 4 atom stereocenters. The molecule has 23 heavy (non-hydrogen) atoms. The van der Waals surface area contributed by atoms with Gasteiger partial charge in [0.15, 0.2) is 6.23 Å². The number of nitrogens with zero attached hydrogens (tertiary/aromatic N) is 2. The second-order valence-corrected chi connectivity index (χ2v) is 6.01. The van der Waals surface area contributed by atoms with Crippen LogP contribution in [-0.4, -0.2) is 61.3 Å². The molecule has 1 aliphatic heterocycles. The molecule has 1 fully saturated rings. The molecule has 0 saturated carbocycles. The molecule has 2 rings (SSSR count). The fourth-order valence-electron chi connectivity index (χ4n) is 2.12. The van der Waals surface area contributed by atoms with E-state index in [9.17, 15) is 19.6 Å². The Hall–Kier alpha value is -1.37. The summed E-state index contributed by atoms with van der Waals surface area (Å²) in [7, 11) is -3.80. The lowest BCUT2D eigenvalue weighted by molar-refractivity contribution is -0.267.